The molecule has 0 aliphatic carbocycles. The molecule has 3 aromatic heterocycles. The zero-order chi connectivity index (χ0) is 30.2. The highest BCUT2D eigenvalue weighted by molar-refractivity contribution is 6.10. The smallest absolute Gasteiger partial charge is 0.137 e. The van der Waals surface area contributed by atoms with Crippen molar-refractivity contribution in [1.29, 1.82) is 0 Å². The van der Waals surface area contributed by atoms with Crippen molar-refractivity contribution in [2.24, 2.45) is 0 Å². The lowest BCUT2D eigenvalue weighted by molar-refractivity contribution is 0.668. The molecule has 216 valence electrons. The van der Waals surface area contributed by atoms with Crippen LogP contribution in [0.2, 0.25) is 0 Å². The van der Waals surface area contributed by atoms with Crippen molar-refractivity contribution in [3.05, 3.63) is 158 Å². The molecule has 0 fully saturated rings. The molecule has 0 radical (unpaired) electrons. The molecular formula is C42H26N2O2. The SMILES string of the molecule is c1ccc2c(c1)oc1cc(N(c3ccc(-n4c5ccccc5c5ccccc54)cc3)c3ccc4oc5ccccc5c4c3)ccc12. The lowest BCUT2D eigenvalue weighted by Crippen LogP contribution is -2.10. The van der Waals surface area contributed by atoms with Gasteiger partial charge in [0.05, 0.1) is 11.0 Å². The van der Waals surface area contributed by atoms with Crippen LogP contribution in [0.15, 0.2) is 167 Å². The lowest BCUT2D eigenvalue weighted by Gasteiger charge is -2.26. The Labute approximate surface area is 263 Å². The Morgan fingerprint density at radius 2 is 0.826 bits per heavy atom. The van der Waals surface area contributed by atoms with E-state index in [0.29, 0.717) is 0 Å². The second kappa shape index (κ2) is 9.62. The largest absolute Gasteiger partial charge is 0.456 e. The number of hydrogen-bond donors (Lipinski definition) is 0. The quantitative estimate of drug-likeness (QED) is 0.204. The monoisotopic (exact) mass is 590 g/mol. The summed E-state index contributed by atoms with van der Waals surface area (Å²) in [6, 6.07) is 55.4. The Morgan fingerprint density at radius 1 is 0.348 bits per heavy atom. The van der Waals surface area contributed by atoms with Crippen LogP contribution in [0.1, 0.15) is 0 Å². The maximum absolute atomic E-state index is 6.34. The van der Waals surface area contributed by atoms with E-state index in [9.17, 15) is 0 Å². The molecule has 4 heteroatoms. The number of anilines is 3. The van der Waals surface area contributed by atoms with E-state index in [1.807, 2.05) is 24.3 Å². The molecule has 0 unspecified atom stereocenters. The van der Waals surface area contributed by atoms with Crippen molar-refractivity contribution in [3.8, 4) is 5.69 Å². The molecule has 0 bridgehead atoms. The predicted molar refractivity (Wildman–Crippen MR) is 190 cm³/mol. The molecule has 0 saturated heterocycles. The molecule has 0 atom stereocenters. The average Bonchev–Trinajstić information content (AvgIpc) is 3.78. The van der Waals surface area contributed by atoms with Gasteiger partial charge in [-0.15, -0.1) is 0 Å². The minimum absolute atomic E-state index is 0.862. The standard InChI is InChI=1S/C42H26N2O2/c1-5-13-37-31(9-1)32-10-2-6-14-38(32)44(37)28-19-17-27(18-20-28)43(29-22-24-41-36(25-29)34-12-4-8-16-40(34)45-41)30-21-23-35-33-11-3-7-15-39(33)46-42(35)26-30/h1-26H. The first-order valence-electron chi connectivity index (χ1n) is 15.5. The van der Waals surface area contributed by atoms with Crippen molar-refractivity contribution in [3.63, 3.8) is 0 Å². The second-order valence-corrected chi connectivity index (χ2v) is 11.8. The van der Waals surface area contributed by atoms with E-state index in [1.54, 1.807) is 0 Å². The van der Waals surface area contributed by atoms with Gasteiger partial charge in [-0.1, -0.05) is 72.8 Å². The van der Waals surface area contributed by atoms with Crippen LogP contribution in [0.25, 0.3) is 71.4 Å². The Hall–Kier alpha value is -6.26. The molecule has 3 heterocycles. The number of furan rings is 2. The van der Waals surface area contributed by atoms with Crippen LogP contribution < -0.4 is 4.90 Å². The first kappa shape index (κ1) is 25.1. The van der Waals surface area contributed by atoms with Gasteiger partial charge in [0.25, 0.3) is 0 Å². The van der Waals surface area contributed by atoms with Crippen molar-refractivity contribution in [2.75, 3.05) is 4.90 Å². The van der Waals surface area contributed by atoms with Gasteiger partial charge in [-0.2, -0.15) is 0 Å². The molecular weight excluding hydrogens is 564 g/mol. The zero-order valence-electron chi connectivity index (χ0n) is 24.7. The molecule has 10 aromatic rings. The normalized spacial score (nSPS) is 11.9. The predicted octanol–water partition coefficient (Wildman–Crippen LogP) is 12.1. The van der Waals surface area contributed by atoms with E-state index in [-0.39, 0.29) is 0 Å². The van der Waals surface area contributed by atoms with Crippen LogP contribution in [-0.4, -0.2) is 4.57 Å². The third-order valence-corrected chi connectivity index (χ3v) is 9.19. The first-order chi connectivity index (χ1) is 22.8. The Bertz CT molecular complexity index is 2710. The van der Waals surface area contributed by atoms with Gasteiger partial charge in [0.15, 0.2) is 0 Å². The fraction of sp³-hybridized carbons (Fsp3) is 0. The summed E-state index contributed by atoms with van der Waals surface area (Å²) >= 11 is 0. The summed E-state index contributed by atoms with van der Waals surface area (Å²) in [7, 11) is 0. The third-order valence-electron chi connectivity index (χ3n) is 9.19. The van der Waals surface area contributed by atoms with E-state index in [2.05, 4.69) is 143 Å². The number of nitrogens with zero attached hydrogens (tertiary/aromatic N) is 2. The highest BCUT2D eigenvalue weighted by atomic mass is 16.3. The van der Waals surface area contributed by atoms with Gasteiger partial charge in [0, 0.05) is 61.1 Å². The van der Waals surface area contributed by atoms with Crippen LogP contribution in [0, 0.1) is 0 Å². The molecule has 4 nitrogen and oxygen atoms in total. The summed E-state index contributed by atoms with van der Waals surface area (Å²) in [5, 5.41) is 6.93. The molecule has 0 aliphatic heterocycles. The van der Waals surface area contributed by atoms with Crippen molar-refractivity contribution in [1.82, 2.24) is 4.57 Å². The lowest BCUT2D eigenvalue weighted by atomic mass is 10.1. The zero-order valence-corrected chi connectivity index (χ0v) is 24.7. The van der Waals surface area contributed by atoms with Crippen molar-refractivity contribution >= 4 is 82.7 Å². The number of hydrogen-bond acceptors (Lipinski definition) is 3. The fourth-order valence-corrected chi connectivity index (χ4v) is 7.11. The minimum atomic E-state index is 0.862. The van der Waals surface area contributed by atoms with Gasteiger partial charge in [-0.25, -0.2) is 0 Å². The van der Waals surface area contributed by atoms with Gasteiger partial charge in [0.2, 0.25) is 0 Å². The van der Waals surface area contributed by atoms with Gasteiger partial charge in [-0.05, 0) is 78.9 Å². The fourth-order valence-electron chi connectivity index (χ4n) is 7.11. The van der Waals surface area contributed by atoms with Crippen LogP contribution >= 0.6 is 0 Å². The summed E-state index contributed by atoms with van der Waals surface area (Å²) in [6.45, 7) is 0. The maximum atomic E-state index is 6.34. The molecule has 0 saturated carbocycles. The Balaban J connectivity index is 1.17. The molecule has 0 amide bonds. The van der Waals surface area contributed by atoms with E-state index in [0.717, 1.165) is 66.6 Å². The van der Waals surface area contributed by atoms with E-state index < -0.39 is 0 Å². The summed E-state index contributed by atoms with van der Waals surface area (Å²) in [5.74, 6) is 0. The molecule has 0 aliphatic rings. The number of para-hydroxylation sites is 4. The van der Waals surface area contributed by atoms with Gasteiger partial charge in [0.1, 0.15) is 22.3 Å². The van der Waals surface area contributed by atoms with Gasteiger partial charge >= 0.3 is 0 Å². The summed E-state index contributed by atoms with van der Waals surface area (Å²) in [4.78, 5) is 2.30. The maximum Gasteiger partial charge on any atom is 0.137 e. The number of benzene rings is 7. The minimum Gasteiger partial charge on any atom is -0.456 e. The van der Waals surface area contributed by atoms with E-state index in [1.165, 1.54) is 21.8 Å². The molecule has 0 spiro atoms. The van der Waals surface area contributed by atoms with E-state index >= 15 is 0 Å². The summed E-state index contributed by atoms with van der Waals surface area (Å²) in [6.07, 6.45) is 0. The third kappa shape index (κ3) is 3.67. The van der Waals surface area contributed by atoms with Crippen LogP contribution in [-0.2, 0) is 0 Å². The molecule has 10 rings (SSSR count). The van der Waals surface area contributed by atoms with Crippen LogP contribution in [0.5, 0.6) is 0 Å². The number of rotatable bonds is 4. The van der Waals surface area contributed by atoms with Crippen molar-refractivity contribution < 1.29 is 8.83 Å². The molecule has 7 aromatic carbocycles. The second-order valence-electron chi connectivity index (χ2n) is 11.8. The Morgan fingerprint density at radius 3 is 1.52 bits per heavy atom. The van der Waals surface area contributed by atoms with Crippen LogP contribution in [0.3, 0.4) is 0 Å². The topological polar surface area (TPSA) is 34.5 Å². The summed E-state index contributed by atoms with van der Waals surface area (Å²) < 4.78 is 14.9. The summed E-state index contributed by atoms with van der Waals surface area (Å²) in [5.41, 5.74) is 10.1. The van der Waals surface area contributed by atoms with Crippen LogP contribution in [0.4, 0.5) is 17.1 Å². The number of fused-ring (bicyclic) bond motifs is 9. The van der Waals surface area contributed by atoms with Gasteiger partial charge < -0.3 is 18.3 Å². The highest BCUT2D eigenvalue weighted by Gasteiger charge is 2.18. The number of aromatic nitrogens is 1. The van der Waals surface area contributed by atoms with E-state index in [4.69, 9.17) is 8.83 Å². The highest BCUT2D eigenvalue weighted by Crippen LogP contribution is 2.41. The Kier molecular flexibility index (Phi) is 5.25. The van der Waals surface area contributed by atoms with Crippen molar-refractivity contribution in [2.45, 2.75) is 0 Å². The molecule has 0 N–H and O–H groups in total. The average molecular weight is 591 g/mol. The molecule has 46 heavy (non-hydrogen) atoms. The van der Waals surface area contributed by atoms with Gasteiger partial charge in [-0.3, -0.25) is 0 Å². The first-order valence-corrected chi connectivity index (χ1v) is 15.5.